The first-order valence-corrected chi connectivity index (χ1v) is 8.71. The fraction of sp³-hybridized carbons (Fsp3) is 0.579. The fourth-order valence-corrected chi connectivity index (χ4v) is 2.92. The van der Waals surface area contributed by atoms with E-state index in [1.54, 1.807) is 4.90 Å². The molecule has 5 nitrogen and oxygen atoms in total. The lowest BCUT2D eigenvalue weighted by Crippen LogP contribution is -2.34. The Morgan fingerprint density at radius 3 is 2.54 bits per heavy atom. The van der Waals surface area contributed by atoms with Gasteiger partial charge in [-0.2, -0.15) is 0 Å². The lowest BCUT2D eigenvalue weighted by Gasteiger charge is -2.18. The minimum Gasteiger partial charge on any atom is -0.356 e. The zero-order valence-corrected chi connectivity index (χ0v) is 15.2. The smallest absolute Gasteiger partial charge is 0.227 e. The molecule has 5 heteroatoms. The molecule has 2 rings (SSSR count). The van der Waals surface area contributed by atoms with Crippen LogP contribution >= 0.6 is 0 Å². The van der Waals surface area contributed by atoms with E-state index in [0.717, 1.165) is 18.7 Å². The first kappa shape index (κ1) is 18.5. The van der Waals surface area contributed by atoms with Gasteiger partial charge in [-0.15, -0.1) is 0 Å². The highest BCUT2D eigenvalue weighted by molar-refractivity contribution is 6.00. The Kier molecular flexibility index (Phi) is 6.37. The number of nitrogens with one attached hydrogen (secondary N) is 1. The van der Waals surface area contributed by atoms with Gasteiger partial charge in [-0.25, -0.2) is 0 Å². The highest BCUT2D eigenvalue weighted by Gasteiger charge is 2.34. The molecule has 0 aromatic heterocycles. The molecule has 1 unspecified atom stereocenters. The maximum absolute atomic E-state index is 12.3. The molecule has 0 radical (unpaired) electrons. The van der Waals surface area contributed by atoms with Crippen molar-refractivity contribution in [1.82, 2.24) is 10.2 Å². The predicted molar refractivity (Wildman–Crippen MR) is 97.2 cm³/mol. The van der Waals surface area contributed by atoms with Gasteiger partial charge in [0.15, 0.2) is 0 Å². The van der Waals surface area contributed by atoms with Gasteiger partial charge in [0.25, 0.3) is 0 Å². The normalized spacial score (nSPS) is 17.8. The topological polar surface area (TPSA) is 52.7 Å². The van der Waals surface area contributed by atoms with Gasteiger partial charge in [-0.1, -0.05) is 26.0 Å². The number of carbonyl (C=O) groups excluding carboxylic acids is 2. The average molecular weight is 331 g/mol. The van der Waals surface area contributed by atoms with Crippen LogP contribution in [-0.4, -0.2) is 50.4 Å². The molecule has 1 saturated heterocycles. The standard InChI is InChI=1S/C19H29N3O2/c1-14(2)15-6-8-17(9-7-15)22-13-16(12-18(22)23)19(24)20-10-5-11-21(3)4/h6-9,14,16H,5,10-13H2,1-4H3,(H,20,24). The molecule has 1 aliphatic heterocycles. The molecule has 1 atom stereocenters. The molecule has 1 N–H and O–H groups in total. The van der Waals surface area contributed by atoms with Gasteiger partial charge in [0.1, 0.15) is 0 Å². The van der Waals surface area contributed by atoms with Gasteiger partial charge in [0, 0.05) is 25.2 Å². The third-order valence-electron chi connectivity index (χ3n) is 4.45. The Morgan fingerprint density at radius 2 is 1.96 bits per heavy atom. The fourth-order valence-electron chi connectivity index (χ4n) is 2.92. The number of rotatable bonds is 7. The molecule has 1 aromatic rings. The third kappa shape index (κ3) is 4.81. The van der Waals surface area contributed by atoms with Crippen LogP contribution in [0.25, 0.3) is 0 Å². The molecule has 2 amide bonds. The highest BCUT2D eigenvalue weighted by Crippen LogP contribution is 2.26. The summed E-state index contributed by atoms with van der Waals surface area (Å²) in [5.41, 5.74) is 2.13. The Morgan fingerprint density at radius 1 is 1.29 bits per heavy atom. The summed E-state index contributed by atoms with van der Waals surface area (Å²) in [5.74, 6) is 0.236. The van der Waals surface area contributed by atoms with E-state index < -0.39 is 0 Å². The van der Waals surface area contributed by atoms with Crippen molar-refractivity contribution >= 4 is 17.5 Å². The van der Waals surface area contributed by atoms with Crippen molar-refractivity contribution in [3.63, 3.8) is 0 Å². The molecule has 0 bridgehead atoms. The maximum Gasteiger partial charge on any atom is 0.227 e. The quantitative estimate of drug-likeness (QED) is 0.780. The molecule has 132 valence electrons. The molecule has 0 saturated carbocycles. The third-order valence-corrected chi connectivity index (χ3v) is 4.45. The van der Waals surface area contributed by atoms with E-state index in [1.165, 1.54) is 5.56 Å². The van der Waals surface area contributed by atoms with Crippen LogP contribution in [0, 0.1) is 5.92 Å². The largest absolute Gasteiger partial charge is 0.356 e. The summed E-state index contributed by atoms with van der Waals surface area (Å²) >= 11 is 0. The summed E-state index contributed by atoms with van der Waals surface area (Å²) in [6, 6.07) is 8.07. The van der Waals surface area contributed by atoms with Crippen LogP contribution in [0.1, 0.15) is 38.2 Å². The number of hydrogen-bond donors (Lipinski definition) is 1. The molecule has 1 fully saturated rings. The number of benzene rings is 1. The van der Waals surface area contributed by atoms with Crippen LogP contribution in [0.5, 0.6) is 0 Å². The Bertz CT molecular complexity index is 566. The summed E-state index contributed by atoms with van der Waals surface area (Å²) in [6.45, 7) is 6.36. The lowest BCUT2D eigenvalue weighted by atomic mass is 10.0. The molecule has 0 spiro atoms. The maximum atomic E-state index is 12.3. The number of nitrogens with zero attached hydrogens (tertiary/aromatic N) is 2. The van der Waals surface area contributed by atoms with Crippen LogP contribution < -0.4 is 10.2 Å². The van der Waals surface area contributed by atoms with Crippen LogP contribution in [0.15, 0.2) is 24.3 Å². The Balaban J connectivity index is 1.89. The summed E-state index contributed by atoms with van der Waals surface area (Å²) in [6.07, 6.45) is 1.21. The summed E-state index contributed by atoms with van der Waals surface area (Å²) in [4.78, 5) is 28.3. The summed E-state index contributed by atoms with van der Waals surface area (Å²) < 4.78 is 0. The Hall–Kier alpha value is -1.88. The van der Waals surface area contributed by atoms with Crippen LogP contribution in [0.4, 0.5) is 5.69 Å². The minimum atomic E-state index is -0.248. The molecule has 1 aliphatic rings. The highest BCUT2D eigenvalue weighted by atomic mass is 16.2. The van der Waals surface area contributed by atoms with Crippen molar-refractivity contribution in [3.05, 3.63) is 29.8 Å². The van der Waals surface area contributed by atoms with Crippen molar-refractivity contribution in [3.8, 4) is 0 Å². The van der Waals surface area contributed by atoms with Crippen molar-refractivity contribution in [2.24, 2.45) is 5.92 Å². The zero-order valence-electron chi connectivity index (χ0n) is 15.2. The average Bonchev–Trinajstić information content (AvgIpc) is 2.93. The summed E-state index contributed by atoms with van der Waals surface area (Å²) in [7, 11) is 4.03. The molecule has 24 heavy (non-hydrogen) atoms. The minimum absolute atomic E-state index is 0.0107. The lowest BCUT2D eigenvalue weighted by molar-refractivity contribution is -0.126. The first-order valence-electron chi connectivity index (χ1n) is 8.71. The first-order chi connectivity index (χ1) is 11.4. The van der Waals surface area contributed by atoms with E-state index in [9.17, 15) is 9.59 Å². The van der Waals surface area contributed by atoms with Gasteiger partial charge >= 0.3 is 0 Å². The van der Waals surface area contributed by atoms with Gasteiger partial charge in [0.2, 0.25) is 11.8 Å². The van der Waals surface area contributed by atoms with E-state index >= 15 is 0 Å². The predicted octanol–water partition coefficient (Wildman–Crippen LogP) is 2.23. The summed E-state index contributed by atoms with van der Waals surface area (Å²) in [5, 5.41) is 2.95. The Labute approximate surface area is 145 Å². The molecule has 1 heterocycles. The second-order valence-electron chi connectivity index (χ2n) is 7.10. The van der Waals surface area contributed by atoms with Gasteiger partial charge in [-0.05, 0) is 50.7 Å². The number of hydrogen-bond acceptors (Lipinski definition) is 3. The van der Waals surface area contributed by atoms with E-state index in [1.807, 2.05) is 26.2 Å². The molecular weight excluding hydrogens is 302 g/mol. The van der Waals surface area contributed by atoms with Crippen LogP contribution in [-0.2, 0) is 9.59 Å². The van der Waals surface area contributed by atoms with Gasteiger partial charge < -0.3 is 15.1 Å². The van der Waals surface area contributed by atoms with Crippen molar-refractivity contribution in [2.45, 2.75) is 32.6 Å². The van der Waals surface area contributed by atoms with E-state index in [4.69, 9.17) is 0 Å². The van der Waals surface area contributed by atoms with Crippen LogP contribution in [0.2, 0.25) is 0 Å². The molecular formula is C19H29N3O2. The van der Waals surface area contributed by atoms with Gasteiger partial charge in [-0.3, -0.25) is 9.59 Å². The van der Waals surface area contributed by atoms with Crippen molar-refractivity contribution < 1.29 is 9.59 Å². The number of anilines is 1. The van der Waals surface area contributed by atoms with E-state index in [2.05, 4.69) is 36.2 Å². The second-order valence-corrected chi connectivity index (χ2v) is 7.10. The molecule has 0 aliphatic carbocycles. The van der Waals surface area contributed by atoms with Gasteiger partial charge in [0.05, 0.1) is 5.92 Å². The van der Waals surface area contributed by atoms with Crippen LogP contribution in [0.3, 0.4) is 0 Å². The van der Waals surface area contributed by atoms with E-state index in [-0.39, 0.29) is 17.7 Å². The second kappa shape index (κ2) is 8.29. The zero-order chi connectivity index (χ0) is 17.7. The SMILES string of the molecule is CC(C)c1ccc(N2CC(C(=O)NCCCN(C)C)CC2=O)cc1. The van der Waals surface area contributed by atoms with Crippen molar-refractivity contribution in [2.75, 3.05) is 38.6 Å². The molecule has 1 aromatic carbocycles. The van der Waals surface area contributed by atoms with E-state index in [0.29, 0.717) is 25.4 Å². The number of amides is 2. The number of carbonyl (C=O) groups is 2. The van der Waals surface area contributed by atoms with Crippen molar-refractivity contribution in [1.29, 1.82) is 0 Å². The monoisotopic (exact) mass is 331 g/mol.